The Bertz CT molecular complexity index is 741. The molecule has 0 fully saturated rings. The zero-order valence-corrected chi connectivity index (χ0v) is 12.8. The molecule has 1 heterocycles. The number of hydrogen-bond acceptors (Lipinski definition) is 3. The lowest BCUT2D eigenvalue weighted by Gasteiger charge is -2.26. The van der Waals surface area contributed by atoms with E-state index < -0.39 is 11.6 Å². The summed E-state index contributed by atoms with van der Waals surface area (Å²) in [6.45, 7) is 5.68. The molecule has 0 saturated heterocycles. The van der Waals surface area contributed by atoms with Crippen molar-refractivity contribution < 1.29 is 19.4 Å². The minimum Gasteiger partial charge on any atom is -0.487 e. The first-order chi connectivity index (χ1) is 10.3. The SMILES string of the molecule is CC(C)(C)Oc1ccc2c(c1C(=O)O)Cc1ccccc1O2. The molecule has 1 aliphatic rings. The van der Waals surface area contributed by atoms with Gasteiger partial charge in [0.05, 0.1) is 0 Å². The highest BCUT2D eigenvalue weighted by Gasteiger charge is 2.27. The molecule has 0 radical (unpaired) electrons. The topological polar surface area (TPSA) is 55.8 Å². The number of aromatic carboxylic acids is 1. The van der Waals surface area contributed by atoms with E-state index in [0.717, 1.165) is 11.3 Å². The highest BCUT2D eigenvalue weighted by molar-refractivity contribution is 5.94. The van der Waals surface area contributed by atoms with Crippen molar-refractivity contribution in [1.82, 2.24) is 0 Å². The number of fused-ring (bicyclic) bond motifs is 2. The molecule has 4 nitrogen and oxygen atoms in total. The summed E-state index contributed by atoms with van der Waals surface area (Å²) in [6, 6.07) is 11.1. The lowest BCUT2D eigenvalue weighted by Crippen LogP contribution is -2.25. The molecular weight excluding hydrogens is 280 g/mol. The van der Waals surface area contributed by atoms with Gasteiger partial charge in [0, 0.05) is 12.0 Å². The Morgan fingerprint density at radius 2 is 1.86 bits per heavy atom. The summed E-state index contributed by atoms with van der Waals surface area (Å²) < 4.78 is 11.6. The van der Waals surface area contributed by atoms with Crippen LogP contribution in [0.5, 0.6) is 17.2 Å². The standard InChI is InChI=1S/C18H18O4/c1-18(2,3)22-15-9-8-14-12(16(15)17(19)20)10-11-6-4-5-7-13(11)21-14/h4-9H,10H2,1-3H3,(H,19,20). The number of para-hydroxylation sites is 1. The molecule has 0 unspecified atom stereocenters. The molecule has 0 spiro atoms. The lowest BCUT2D eigenvalue weighted by molar-refractivity contribution is 0.0679. The Morgan fingerprint density at radius 1 is 1.14 bits per heavy atom. The van der Waals surface area contributed by atoms with Crippen molar-refractivity contribution >= 4 is 5.97 Å². The van der Waals surface area contributed by atoms with Crippen LogP contribution in [0.15, 0.2) is 36.4 Å². The molecule has 4 heteroatoms. The molecule has 2 aromatic rings. The van der Waals surface area contributed by atoms with Crippen LogP contribution < -0.4 is 9.47 Å². The summed E-state index contributed by atoms with van der Waals surface area (Å²) in [4.78, 5) is 11.8. The second-order valence-electron chi connectivity index (χ2n) is 6.32. The van der Waals surface area contributed by atoms with Crippen LogP contribution in [-0.2, 0) is 6.42 Å². The number of carboxylic acids is 1. The minimum atomic E-state index is -1.00. The van der Waals surface area contributed by atoms with E-state index in [9.17, 15) is 9.90 Å². The predicted octanol–water partition coefficient (Wildman–Crippen LogP) is 4.26. The van der Waals surface area contributed by atoms with E-state index in [1.54, 1.807) is 12.1 Å². The Hall–Kier alpha value is -2.49. The molecule has 0 bridgehead atoms. The molecule has 0 aromatic heterocycles. The maximum Gasteiger partial charge on any atom is 0.339 e. The zero-order valence-electron chi connectivity index (χ0n) is 12.8. The van der Waals surface area contributed by atoms with Crippen LogP contribution in [0.3, 0.4) is 0 Å². The van der Waals surface area contributed by atoms with Crippen molar-refractivity contribution in [2.45, 2.75) is 32.8 Å². The Balaban J connectivity index is 2.11. The average molecular weight is 298 g/mol. The minimum absolute atomic E-state index is 0.182. The van der Waals surface area contributed by atoms with E-state index in [2.05, 4.69) is 0 Å². The fourth-order valence-electron chi connectivity index (χ4n) is 2.59. The zero-order chi connectivity index (χ0) is 15.9. The monoisotopic (exact) mass is 298 g/mol. The van der Waals surface area contributed by atoms with Crippen molar-refractivity contribution in [2.75, 3.05) is 0 Å². The number of benzene rings is 2. The molecule has 0 saturated carbocycles. The van der Waals surface area contributed by atoms with Crippen molar-refractivity contribution in [2.24, 2.45) is 0 Å². The van der Waals surface area contributed by atoms with Gasteiger partial charge < -0.3 is 14.6 Å². The Labute approximate surface area is 129 Å². The van der Waals surface area contributed by atoms with Crippen LogP contribution in [0.1, 0.15) is 42.3 Å². The number of ether oxygens (including phenoxy) is 2. The molecule has 0 amide bonds. The van der Waals surface area contributed by atoms with Crippen molar-refractivity contribution in [3.8, 4) is 17.2 Å². The third-order valence-electron chi connectivity index (χ3n) is 3.42. The second-order valence-corrected chi connectivity index (χ2v) is 6.32. The first kappa shape index (κ1) is 14.4. The number of carboxylic acid groups (broad SMARTS) is 1. The summed E-state index contributed by atoms with van der Waals surface area (Å²) in [5.41, 5.74) is 1.35. The third kappa shape index (κ3) is 2.64. The number of hydrogen-bond donors (Lipinski definition) is 1. The molecule has 0 atom stereocenters. The van der Waals surface area contributed by atoms with Gasteiger partial charge in [0.2, 0.25) is 0 Å². The van der Waals surface area contributed by atoms with Gasteiger partial charge in [-0.25, -0.2) is 4.79 Å². The second kappa shape index (κ2) is 5.05. The highest BCUT2D eigenvalue weighted by Crippen LogP contribution is 2.41. The van der Waals surface area contributed by atoms with Crippen LogP contribution in [0.4, 0.5) is 0 Å². The molecule has 22 heavy (non-hydrogen) atoms. The smallest absolute Gasteiger partial charge is 0.339 e. The Morgan fingerprint density at radius 3 is 2.55 bits per heavy atom. The molecular formula is C18H18O4. The van der Waals surface area contributed by atoms with E-state index in [1.165, 1.54) is 0 Å². The quantitative estimate of drug-likeness (QED) is 0.768. The van der Waals surface area contributed by atoms with Crippen LogP contribution >= 0.6 is 0 Å². The first-order valence-corrected chi connectivity index (χ1v) is 7.19. The van der Waals surface area contributed by atoms with E-state index >= 15 is 0 Å². The highest BCUT2D eigenvalue weighted by atomic mass is 16.5. The molecule has 114 valence electrons. The van der Waals surface area contributed by atoms with Crippen LogP contribution in [0.2, 0.25) is 0 Å². The van der Waals surface area contributed by atoms with Gasteiger partial charge in [-0.2, -0.15) is 0 Å². The van der Waals surface area contributed by atoms with Gasteiger partial charge in [-0.1, -0.05) is 18.2 Å². The van der Waals surface area contributed by atoms with Gasteiger partial charge >= 0.3 is 5.97 Å². The fraction of sp³-hybridized carbons (Fsp3) is 0.278. The maximum atomic E-state index is 11.8. The van der Waals surface area contributed by atoms with Crippen LogP contribution in [-0.4, -0.2) is 16.7 Å². The van der Waals surface area contributed by atoms with Crippen molar-refractivity contribution in [1.29, 1.82) is 0 Å². The summed E-state index contributed by atoms with van der Waals surface area (Å²) >= 11 is 0. The van der Waals surface area contributed by atoms with E-state index in [0.29, 0.717) is 23.5 Å². The molecule has 1 aliphatic heterocycles. The Kier molecular flexibility index (Phi) is 3.32. The molecule has 3 rings (SSSR count). The van der Waals surface area contributed by atoms with Gasteiger partial charge in [-0.3, -0.25) is 0 Å². The van der Waals surface area contributed by atoms with Gasteiger partial charge in [-0.15, -0.1) is 0 Å². The molecule has 0 aliphatic carbocycles. The van der Waals surface area contributed by atoms with Crippen molar-refractivity contribution in [3.05, 3.63) is 53.1 Å². The summed E-state index contributed by atoms with van der Waals surface area (Å²) in [5.74, 6) is 0.731. The lowest BCUT2D eigenvalue weighted by atomic mass is 9.95. The fourth-order valence-corrected chi connectivity index (χ4v) is 2.59. The summed E-state index contributed by atoms with van der Waals surface area (Å²) in [5, 5.41) is 9.63. The van der Waals surface area contributed by atoms with E-state index in [1.807, 2.05) is 45.0 Å². The van der Waals surface area contributed by atoms with E-state index in [4.69, 9.17) is 9.47 Å². The predicted molar refractivity (Wildman–Crippen MR) is 83.1 cm³/mol. The normalized spacial score (nSPS) is 12.9. The molecule has 1 N–H and O–H groups in total. The van der Waals surface area contributed by atoms with Crippen molar-refractivity contribution in [3.63, 3.8) is 0 Å². The van der Waals surface area contributed by atoms with Gasteiger partial charge in [0.25, 0.3) is 0 Å². The number of carbonyl (C=O) groups is 1. The van der Waals surface area contributed by atoms with Crippen LogP contribution in [0, 0.1) is 0 Å². The first-order valence-electron chi connectivity index (χ1n) is 7.19. The maximum absolute atomic E-state index is 11.8. The summed E-state index contributed by atoms with van der Waals surface area (Å²) in [7, 11) is 0. The third-order valence-corrected chi connectivity index (χ3v) is 3.42. The van der Waals surface area contributed by atoms with E-state index in [-0.39, 0.29) is 5.56 Å². The largest absolute Gasteiger partial charge is 0.487 e. The van der Waals surface area contributed by atoms with Crippen LogP contribution in [0.25, 0.3) is 0 Å². The summed E-state index contributed by atoms with van der Waals surface area (Å²) in [6.07, 6.45) is 0.522. The van der Waals surface area contributed by atoms with Gasteiger partial charge in [0.1, 0.15) is 28.4 Å². The average Bonchev–Trinajstić information content (AvgIpc) is 2.43. The molecule has 2 aromatic carbocycles. The number of rotatable bonds is 2. The van der Waals surface area contributed by atoms with Gasteiger partial charge in [-0.05, 0) is 44.5 Å². The van der Waals surface area contributed by atoms with Gasteiger partial charge in [0.15, 0.2) is 0 Å².